The fraction of sp³-hybridized carbons (Fsp3) is 0.533. The fourth-order valence-corrected chi connectivity index (χ4v) is 8.10. The highest BCUT2D eigenvalue weighted by Crippen LogP contribution is 2.36. The topological polar surface area (TPSA) is 98.8 Å². The molecule has 1 aliphatic carbocycles. The lowest BCUT2D eigenvalue weighted by Gasteiger charge is -2.44. The minimum atomic E-state index is -4.55. The van der Waals surface area contributed by atoms with Crippen LogP contribution in [0.4, 0.5) is 23.7 Å². The Kier molecular flexibility index (Phi) is 10.4. The van der Waals surface area contributed by atoms with Gasteiger partial charge in [0.1, 0.15) is 6.04 Å². The summed E-state index contributed by atoms with van der Waals surface area (Å²) in [6.07, 6.45) is -0.277. The third-order valence-corrected chi connectivity index (χ3v) is 11.2. The number of nitrogens with zero attached hydrogens (tertiary/aromatic N) is 2. The van der Waals surface area contributed by atoms with Crippen molar-refractivity contribution in [3.63, 3.8) is 0 Å². The standard InChI is InChI=1S/C30H39F3N4O4S2/c1-19(2)36(3)23-8-13-27(20(16-23)18-43(40,41)25-11-9-24(42-4)10-12-25)37-15-14-26(28(37)38)35-29(39)34-22-7-5-6-21(17-22)30(31,32)33/h5-7,9-12,17,19-20,23,26-27H,8,13-16,18H2,1-4H3,(H2,34,35,39)/t20-,23+,26-,27-/m0/s1. The lowest BCUT2D eigenvalue weighted by Crippen LogP contribution is -2.53. The van der Waals surface area contributed by atoms with Crippen molar-refractivity contribution in [2.75, 3.05) is 30.9 Å². The van der Waals surface area contributed by atoms with Gasteiger partial charge in [-0.3, -0.25) is 4.79 Å². The van der Waals surface area contributed by atoms with Crippen LogP contribution in [0.5, 0.6) is 0 Å². The van der Waals surface area contributed by atoms with E-state index in [9.17, 15) is 31.2 Å². The Morgan fingerprint density at radius 1 is 1.12 bits per heavy atom. The first-order valence-electron chi connectivity index (χ1n) is 14.3. The highest BCUT2D eigenvalue weighted by Gasteiger charge is 2.44. The first kappa shape index (κ1) is 33.1. The van der Waals surface area contributed by atoms with E-state index >= 15 is 0 Å². The largest absolute Gasteiger partial charge is 0.416 e. The second-order valence-electron chi connectivity index (χ2n) is 11.6. The first-order valence-corrected chi connectivity index (χ1v) is 17.2. The maximum atomic E-state index is 13.6. The van der Waals surface area contributed by atoms with Crippen LogP contribution in [-0.4, -0.2) is 79.9 Å². The number of urea groups is 1. The lowest BCUT2D eigenvalue weighted by atomic mass is 9.81. The number of rotatable bonds is 9. The molecule has 1 heterocycles. The summed E-state index contributed by atoms with van der Waals surface area (Å²) in [5.74, 6) is -0.727. The van der Waals surface area contributed by atoms with E-state index in [1.807, 2.05) is 13.3 Å². The van der Waals surface area contributed by atoms with E-state index in [1.54, 1.807) is 29.2 Å². The Labute approximate surface area is 255 Å². The third kappa shape index (κ3) is 8.04. The van der Waals surface area contributed by atoms with Gasteiger partial charge in [0, 0.05) is 35.3 Å². The Balaban J connectivity index is 1.48. The van der Waals surface area contributed by atoms with Crippen molar-refractivity contribution < 1.29 is 31.2 Å². The van der Waals surface area contributed by atoms with E-state index in [1.165, 1.54) is 23.9 Å². The summed E-state index contributed by atoms with van der Waals surface area (Å²) < 4.78 is 66.3. The number of carbonyl (C=O) groups excluding carboxylic acids is 2. The van der Waals surface area contributed by atoms with Crippen molar-refractivity contribution in [1.29, 1.82) is 0 Å². The molecule has 13 heteroatoms. The number of sulfone groups is 1. The van der Waals surface area contributed by atoms with Crippen molar-refractivity contribution in [2.24, 2.45) is 5.92 Å². The van der Waals surface area contributed by atoms with Crippen LogP contribution in [0, 0.1) is 5.92 Å². The van der Waals surface area contributed by atoms with E-state index in [-0.39, 0.29) is 46.3 Å². The average Bonchev–Trinajstić information content (AvgIpc) is 3.31. The van der Waals surface area contributed by atoms with Crippen LogP contribution in [0.15, 0.2) is 58.3 Å². The van der Waals surface area contributed by atoms with Crippen molar-refractivity contribution in [1.82, 2.24) is 15.1 Å². The van der Waals surface area contributed by atoms with Crippen LogP contribution >= 0.6 is 11.8 Å². The van der Waals surface area contributed by atoms with Crippen LogP contribution in [0.25, 0.3) is 0 Å². The molecule has 2 aliphatic rings. The Hall–Kier alpha value is -2.77. The SMILES string of the molecule is CSc1ccc(S(=O)(=O)C[C@@H]2C[C@H](N(C)C(C)C)CC[C@@H]2N2CC[C@H](NC(=O)Nc3cccc(C(F)(F)F)c3)C2=O)cc1. The summed E-state index contributed by atoms with van der Waals surface area (Å²) in [5.41, 5.74) is -0.939. The zero-order valence-electron chi connectivity index (χ0n) is 24.7. The van der Waals surface area contributed by atoms with Crippen molar-refractivity contribution in [2.45, 2.75) is 79.7 Å². The molecule has 4 atom stereocenters. The van der Waals surface area contributed by atoms with Gasteiger partial charge in [-0.05, 0) is 101 Å². The number of amides is 3. The molecule has 0 spiro atoms. The van der Waals surface area contributed by atoms with Gasteiger partial charge >= 0.3 is 12.2 Å². The molecule has 43 heavy (non-hydrogen) atoms. The molecular formula is C30H39F3N4O4S2. The van der Waals surface area contributed by atoms with Crippen LogP contribution < -0.4 is 10.6 Å². The van der Waals surface area contributed by atoms with E-state index in [4.69, 9.17) is 0 Å². The molecule has 2 N–H and O–H groups in total. The smallest absolute Gasteiger partial charge is 0.338 e. The number of thioether (sulfide) groups is 1. The van der Waals surface area contributed by atoms with Gasteiger partial charge in [0.15, 0.2) is 9.84 Å². The van der Waals surface area contributed by atoms with E-state index in [0.29, 0.717) is 25.8 Å². The van der Waals surface area contributed by atoms with E-state index < -0.39 is 33.6 Å². The minimum Gasteiger partial charge on any atom is -0.338 e. The highest BCUT2D eigenvalue weighted by atomic mass is 32.2. The second kappa shape index (κ2) is 13.5. The van der Waals surface area contributed by atoms with Crippen LogP contribution in [0.1, 0.15) is 45.1 Å². The molecule has 0 unspecified atom stereocenters. The van der Waals surface area contributed by atoms with E-state index in [0.717, 1.165) is 23.4 Å². The van der Waals surface area contributed by atoms with E-state index in [2.05, 4.69) is 29.4 Å². The minimum absolute atomic E-state index is 0.0435. The van der Waals surface area contributed by atoms with Gasteiger partial charge in [0.05, 0.1) is 16.2 Å². The number of benzene rings is 2. The zero-order chi connectivity index (χ0) is 31.5. The first-order chi connectivity index (χ1) is 20.2. The predicted octanol–water partition coefficient (Wildman–Crippen LogP) is 5.50. The molecule has 0 radical (unpaired) electrons. The monoisotopic (exact) mass is 640 g/mol. The molecule has 1 saturated carbocycles. The molecule has 3 amide bonds. The van der Waals surface area contributed by atoms with Gasteiger partial charge in [-0.15, -0.1) is 11.8 Å². The van der Waals surface area contributed by atoms with Gasteiger partial charge < -0.3 is 20.4 Å². The van der Waals surface area contributed by atoms with Gasteiger partial charge in [-0.1, -0.05) is 6.07 Å². The summed E-state index contributed by atoms with van der Waals surface area (Å²) in [4.78, 5) is 31.3. The molecule has 4 rings (SSSR count). The maximum absolute atomic E-state index is 13.6. The number of hydrogen-bond donors (Lipinski definition) is 2. The fourth-order valence-electron chi connectivity index (χ4n) is 6.03. The Morgan fingerprint density at radius 3 is 2.44 bits per heavy atom. The van der Waals surface area contributed by atoms with Gasteiger partial charge in [0.2, 0.25) is 5.91 Å². The predicted molar refractivity (Wildman–Crippen MR) is 162 cm³/mol. The Bertz CT molecular complexity index is 1400. The molecule has 2 aromatic carbocycles. The summed E-state index contributed by atoms with van der Waals surface area (Å²) >= 11 is 1.53. The number of anilines is 1. The lowest BCUT2D eigenvalue weighted by molar-refractivity contribution is -0.137. The number of carbonyl (C=O) groups is 2. The molecule has 2 aromatic rings. The van der Waals surface area contributed by atoms with Crippen molar-refractivity contribution in [3.05, 3.63) is 54.1 Å². The quantitative estimate of drug-likeness (QED) is 0.352. The van der Waals surface area contributed by atoms with Gasteiger partial charge in [-0.2, -0.15) is 13.2 Å². The zero-order valence-corrected chi connectivity index (χ0v) is 26.4. The normalized spacial score (nSPS) is 23.2. The molecule has 1 saturated heterocycles. The number of hydrogen-bond acceptors (Lipinski definition) is 6. The third-order valence-electron chi connectivity index (χ3n) is 8.55. The molecular weight excluding hydrogens is 601 g/mol. The number of halogens is 3. The van der Waals surface area contributed by atoms with Gasteiger partial charge in [-0.25, -0.2) is 13.2 Å². The van der Waals surface area contributed by atoms with Crippen LogP contribution in [0.3, 0.4) is 0 Å². The molecule has 1 aliphatic heterocycles. The van der Waals surface area contributed by atoms with Gasteiger partial charge in [0.25, 0.3) is 0 Å². The Morgan fingerprint density at radius 2 is 1.81 bits per heavy atom. The molecule has 2 fully saturated rings. The second-order valence-corrected chi connectivity index (χ2v) is 14.5. The summed E-state index contributed by atoms with van der Waals surface area (Å²) in [5, 5.41) is 4.98. The summed E-state index contributed by atoms with van der Waals surface area (Å²) in [7, 11) is -1.61. The maximum Gasteiger partial charge on any atom is 0.416 e. The number of nitrogens with one attached hydrogen (secondary N) is 2. The number of alkyl halides is 3. The molecule has 8 nitrogen and oxygen atoms in total. The summed E-state index contributed by atoms with van der Waals surface area (Å²) in [6.45, 7) is 4.54. The summed E-state index contributed by atoms with van der Waals surface area (Å²) in [6, 6.07) is 9.57. The molecule has 0 aromatic heterocycles. The van der Waals surface area contributed by atoms with Crippen molar-refractivity contribution in [3.8, 4) is 0 Å². The van der Waals surface area contributed by atoms with Crippen LogP contribution in [-0.2, 0) is 20.8 Å². The van der Waals surface area contributed by atoms with Crippen molar-refractivity contribution >= 4 is 39.2 Å². The average molecular weight is 641 g/mol. The highest BCUT2D eigenvalue weighted by molar-refractivity contribution is 7.98. The van der Waals surface area contributed by atoms with Crippen LogP contribution in [0.2, 0.25) is 0 Å². The number of likely N-dealkylation sites (tertiary alicyclic amines) is 1. The molecule has 0 bridgehead atoms. The molecule has 236 valence electrons.